The number of anilines is 2. The number of hydrogen-bond donors (Lipinski definition) is 2. The molecule has 0 saturated carbocycles. The van der Waals surface area contributed by atoms with Gasteiger partial charge in [-0.2, -0.15) is 4.31 Å². The lowest BCUT2D eigenvalue weighted by Gasteiger charge is -2.26. The molecular weight excluding hydrogens is 446 g/mol. The Morgan fingerprint density at radius 1 is 1.13 bits per heavy atom. The van der Waals surface area contributed by atoms with Gasteiger partial charge in [0.2, 0.25) is 10.0 Å². The Labute approximate surface area is 185 Å². The Morgan fingerprint density at radius 3 is 2.61 bits per heavy atom. The number of nitrogens with one attached hydrogen (secondary N) is 2. The monoisotopic (exact) mass is 469 g/mol. The Kier molecular flexibility index (Phi) is 6.83. The number of furan rings is 1. The molecule has 2 aliphatic heterocycles. The van der Waals surface area contributed by atoms with E-state index in [9.17, 15) is 13.2 Å². The molecule has 11 heteroatoms. The summed E-state index contributed by atoms with van der Waals surface area (Å²) in [6, 6.07) is 7.54. The van der Waals surface area contributed by atoms with Gasteiger partial charge in [-0.05, 0) is 54.8 Å². The van der Waals surface area contributed by atoms with Crippen molar-refractivity contribution in [2.24, 2.45) is 0 Å². The molecular formula is C20H24ClN3O6S. The number of nitrogens with zero attached hydrogens (tertiary/aromatic N) is 1. The minimum absolute atomic E-state index is 0.0246. The van der Waals surface area contributed by atoms with E-state index in [1.807, 2.05) is 0 Å². The largest absolute Gasteiger partial charge is 0.440 e. The van der Waals surface area contributed by atoms with Crippen molar-refractivity contribution in [2.75, 3.05) is 50.1 Å². The highest BCUT2D eigenvalue weighted by Crippen LogP contribution is 2.29. The van der Waals surface area contributed by atoms with Crippen molar-refractivity contribution in [1.29, 1.82) is 0 Å². The second-order valence-corrected chi connectivity index (χ2v) is 9.61. The molecule has 1 unspecified atom stereocenters. The van der Waals surface area contributed by atoms with E-state index in [1.165, 1.54) is 28.6 Å². The third-order valence-electron chi connectivity index (χ3n) is 5.19. The van der Waals surface area contributed by atoms with E-state index in [-0.39, 0.29) is 35.1 Å². The van der Waals surface area contributed by atoms with Gasteiger partial charge in [-0.25, -0.2) is 8.42 Å². The molecule has 168 valence electrons. The molecule has 4 rings (SSSR count). The van der Waals surface area contributed by atoms with Crippen molar-refractivity contribution in [3.05, 3.63) is 41.3 Å². The van der Waals surface area contributed by atoms with Gasteiger partial charge in [0.05, 0.1) is 35.6 Å². The molecule has 2 saturated heterocycles. The fraction of sp³-hybridized carbons (Fsp3) is 0.450. The van der Waals surface area contributed by atoms with E-state index in [0.29, 0.717) is 31.1 Å². The van der Waals surface area contributed by atoms with E-state index in [4.69, 9.17) is 25.5 Å². The van der Waals surface area contributed by atoms with E-state index in [2.05, 4.69) is 10.6 Å². The Bertz CT molecular complexity index is 1030. The normalized spacial score (nSPS) is 20.0. The molecule has 2 fully saturated rings. The molecule has 2 N–H and O–H groups in total. The quantitative estimate of drug-likeness (QED) is 0.641. The van der Waals surface area contributed by atoms with Crippen molar-refractivity contribution < 1.29 is 27.1 Å². The van der Waals surface area contributed by atoms with Gasteiger partial charge in [0.25, 0.3) is 5.91 Å². The number of sulfonamides is 1. The Balaban J connectivity index is 1.60. The van der Waals surface area contributed by atoms with E-state index in [0.717, 1.165) is 19.4 Å². The van der Waals surface area contributed by atoms with Crippen molar-refractivity contribution in [3.8, 4) is 0 Å². The van der Waals surface area contributed by atoms with Crippen LogP contribution in [-0.2, 0) is 19.5 Å². The number of hydrogen-bond acceptors (Lipinski definition) is 7. The van der Waals surface area contributed by atoms with Gasteiger partial charge >= 0.3 is 0 Å². The lowest BCUT2D eigenvalue weighted by Crippen LogP contribution is -2.40. The summed E-state index contributed by atoms with van der Waals surface area (Å²) in [6.07, 6.45) is 2.03. The molecule has 2 aliphatic rings. The summed E-state index contributed by atoms with van der Waals surface area (Å²) in [5, 5.41) is 6.07. The molecule has 3 heterocycles. The average molecular weight is 470 g/mol. The summed E-state index contributed by atoms with van der Waals surface area (Å²) in [6.45, 7) is 2.55. The van der Waals surface area contributed by atoms with Crippen LogP contribution in [0.3, 0.4) is 0 Å². The molecule has 2 aromatic rings. The molecule has 0 bridgehead atoms. The zero-order chi connectivity index (χ0) is 21.8. The highest BCUT2D eigenvalue weighted by atomic mass is 35.5. The van der Waals surface area contributed by atoms with E-state index < -0.39 is 15.9 Å². The standard InChI is InChI=1S/C20H24ClN3O6S/c21-19-6-5-18(30-19)20(25)23-17-12-15(31(26,27)24-7-10-28-11-8-24)3-4-16(17)22-13-14-2-1-9-29-14/h3-6,12,14,22H,1-2,7-11,13H2,(H,23,25). The summed E-state index contributed by atoms with van der Waals surface area (Å²) >= 11 is 5.76. The van der Waals surface area contributed by atoms with Gasteiger partial charge in [0.1, 0.15) is 0 Å². The van der Waals surface area contributed by atoms with Crippen LogP contribution in [0.5, 0.6) is 0 Å². The molecule has 1 aromatic heterocycles. The van der Waals surface area contributed by atoms with Crippen LogP contribution in [0.25, 0.3) is 0 Å². The summed E-state index contributed by atoms with van der Waals surface area (Å²) in [5.41, 5.74) is 0.910. The molecule has 1 aromatic carbocycles. The maximum absolute atomic E-state index is 13.1. The predicted octanol–water partition coefficient (Wildman–Crippen LogP) is 2.80. The Hall–Kier alpha value is -2.11. The third-order valence-corrected chi connectivity index (χ3v) is 7.29. The summed E-state index contributed by atoms with van der Waals surface area (Å²) in [4.78, 5) is 12.7. The number of carbonyl (C=O) groups is 1. The number of ether oxygens (including phenoxy) is 2. The van der Waals surface area contributed by atoms with Crippen molar-refractivity contribution >= 4 is 38.9 Å². The fourth-order valence-corrected chi connectivity index (χ4v) is 5.11. The van der Waals surface area contributed by atoms with Crippen LogP contribution in [0.1, 0.15) is 23.4 Å². The van der Waals surface area contributed by atoms with Crippen LogP contribution in [-0.4, -0.2) is 64.2 Å². The number of amides is 1. The molecule has 0 radical (unpaired) electrons. The molecule has 1 amide bonds. The topological polar surface area (TPSA) is 110 Å². The van der Waals surface area contributed by atoms with Crippen molar-refractivity contribution in [2.45, 2.75) is 23.8 Å². The van der Waals surface area contributed by atoms with Crippen LogP contribution >= 0.6 is 11.6 Å². The summed E-state index contributed by atoms with van der Waals surface area (Å²) in [7, 11) is -3.72. The van der Waals surface area contributed by atoms with Gasteiger partial charge < -0.3 is 24.5 Å². The molecule has 0 aliphatic carbocycles. The maximum atomic E-state index is 13.1. The van der Waals surface area contributed by atoms with E-state index >= 15 is 0 Å². The van der Waals surface area contributed by atoms with Crippen molar-refractivity contribution in [3.63, 3.8) is 0 Å². The number of carbonyl (C=O) groups excluding carboxylic acids is 1. The van der Waals surface area contributed by atoms with Crippen LogP contribution in [0, 0.1) is 0 Å². The number of morpholine rings is 1. The molecule has 0 spiro atoms. The SMILES string of the molecule is O=C(Nc1cc(S(=O)(=O)N2CCOCC2)ccc1NCC1CCCO1)c1ccc(Cl)o1. The molecule has 9 nitrogen and oxygen atoms in total. The minimum atomic E-state index is -3.72. The number of halogens is 1. The highest BCUT2D eigenvalue weighted by molar-refractivity contribution is 7.89. The third kappa shape index (κ3) is 5.21. The first kappa shape index (κ1) is 22.1. The van der Waals surface area contributed by atoms with Crippen LogP contribution < -0.4 is 10.6 Å². The first-order valence-electron chi connectivity index (χ1n) is 10.1. The second-order valence-electron chi connectivity index (χ2n) is 7.30. The van der Waals surface area contributed by atoms with Gasteiger partial charge in [0.15, 0.2) is 11.0 Å². The van der Waals surface area contributed by atoms with Gasteiger partial charge in [0, 0.05) is 26.2 Å². The second kappa shape index (κ2) is 9.58. The number of rotatable bonds is 7. The average Bonchev–Trinajstić information content (AvgIpc) is 3.45. The van der Waals surface area contributed by atoms with Gasteiger partial charge in [-0.1, -0.05) is 0 Å². The van der Waals surface area contributed by atoms with Crippen LogP contribution in [0.4, 0.5) is 11.4 Å². The summed E-state index contributed by atoms with van der Waals surface area (Å²) < 4.78 is 43.5. The smallest absolute Gasteiger partial charge is 0.291 e. The number of benzene rings is 1. The maximum Gasteiger partial charge on any atom is 0.291 e. The van der Waals surface area contributed by atoms with Crippen molar-refractivity contribution in [1.82, 2.24) is 4.31 Å². The molecule has 31 heavy (non-hydrogen) atoms. The Morgan fingerprint density at radius 2 is 1.94 bits per heavy atom. The van der Waals surface area contributed by atoms with Crippen LogP contribution in [0.15, 0.2) is 39.6 Å². The van der Waals surface area contributed by atoms with Gasteiger partial charge in [-0.3, -0.25) is 4.79 Å². The molecule has 1 atom stereocenters. The fourth-order valence-electron chi connectivity index (χ4n) is 3.53. The zero-order valence-electron chi connectivity index (χ0n) is 16.8. The van der Waals surface area contributed by atoms with Gasteiger partial charge in [-0.15, -0.1) is 0 Å². The predicted molar refractivity (Wildman–Crippen MR) is 115 cm³/mol. The zero-order valence-corrected chi connectivity index (χ0v) is 18.4. The minimum Gasteiger partial charge on any atom is -0.440 e. The van der Waals surface area contributed by atoms with Crippen LogP contribution in [0.2, 0.25) is 5.22 Å². The van der Waals surface area contributed by atoms with E-state index in [1.54, 1.807) is 6.07 Å². The first-order valence-corrected chi connectivity index (χ1v) is 11.9. The first-order chi connectivity index (χ1) is 14.9. The summed E-state index contributed by atoms with van der Waals surface area (Å²) in [5.74, 6) is -0.510. The highest BCUT2D eigenvalue weighted by Gasteiger charge is 2.27. The lowest BCUT2D eigenvalue weighted by molar-refractivity contribution is 0.0730. The lowest BCUT2D eigenvalue weighted by atomic mass is 10.2.